The maximum atomic E-state index is 13.5. The lowest BCUT2D eigenvalue weighted by atomic mass is 9.94. The number of allylic oxidation sites excluding steroid dienone is 1. The van der Waals surface area contributed by atoms with E-state index < -0.39 is 0 Å². The highest BCUT2D eigenvalue weighted by Gasteiger charge is 2.14. The van der Waals surface area contributed by atoms with Gasteiger partial charge in [0.1, 0.15) is 11.6 Å². The van der Waals surface area contributed by atoms with Crippen LogP contribution in [0.3, 0.4) is 0 Å². The molecule has 2 heterocycles. The molecule has 26 heavy (non-hydrogen) atoms. The average molecular weight is 353 g/mol. The maximum Gasteiger partial charge on any atom is 0.126 e. The van der Waals surface area contributed by atoms with E-state index in [1.807, 2.05) is 19.2 Å². The minimum atomic E-state index is -0.194. The van der Waals surface area contributed by atoms with Gasteiger partial charge in [-0.25, -0.2) is 9.37 Å². The molecule has 1 fully saturated rings. The number of unbranched alkanes of at least 4 members (excludes halogenated alkanes) is 1. The Labute approximate surface area is 155 Å². The molecule has 0 saturated carbocycles. The summed E-state index contributed by atoms with van der Waals surface area (Å²) in [5, 5.41) is 6.91. The summed E-state index contributed by atoms with van der Waals surface area (Å²) in [6, 6.07) is 9.64. The third kappa shape index (κ3) is 4.70. The highest BCUT2D eigenvalue weighted by atomic mass is 19.1. The molecule has 1 aliphatic rings. The molecular formula is C22H28FN3. The maximum absolute atomic E-state index is 13.5. The van der Waals surface area contributed by atoms with Crippen molar-refractivity contribution in [2.75, 3.05) is 18.4 Å². The van der Waals surface area contributed by atoms with Crippen LogP contribution in [0, 0.1) is 12.7 Å². The smallest absolute Gasteiger partial charge is 0.126 e. The lowest BCUT2D eigenvalue weighted by Gasteiger charge is -2.24. The molecule has 2 N–H and O–H groups in total. The van der Waals surface area contributed by atoms with Crippen molar-refractivity contribution in [3.8, 4) is 0 Å². The van der Waals surface area contributed by atoms with Crippen LogP contribution >= 0.6 is 0 Å². The first-order chi connectivity index (χ1) is 12.7. The predicted octanol–water partition coefficient (Wildman–Crippen LogP) is 4.92. The number of benzene rings is 1. The SMILES string of the molecule is CCCC=C(c1ccc(NC2CCNCC2)nc1)c1ccc(F)cc1C. The van der Waals surface area contributed by atoms with Crippen LogP contribution in [0.15, 0.2) is 42.6 Å². The van der Waals surface area contributed by atoms with E-state index in [0.29, 0.717) is 6.04 Å². The lowest BCUT2D eigenvalue weighted by Crippen LogP contribution is -2.35. The summed E-state index contributed by atoms with van der Waals surface area (Å²) in [6.45, 7) is 6.24. The molecule has 3 nitrogen and oxygen atoms in total. The van der Waals surface area contributed by atoms with Crippen molar-refractivity contribution in [2.24, 2.45) is 0 Å². The monoisotopic (exact) mass is 353 g/mol. The van der Waals surface area contributed by atoms with Crippen molar-refractivity contribution in [1.29, 1.82) is 0 Å². The zero-order chi connectivity index (χ0) is 18.4. The van der Waals surface area contributed by atoms with E-state index in [0.717, 1.165) is 66.9 Å². The number of hydrogen-bond donors (Lipinski definition) is 2. The molecule has 1 saturated heterocycles. The van der Waals surface area contributed by atoms with Crippen LogP contribution in [0.25, 0.3) is 5.57 Å². The number of piperidine rings is 1. The molecule has 4 heteroatoms. The lowest BCUT2D eigenvalue weighted by molar-refractivity contribution is 0.478. The molecule has 0 atom stereocenters. The third-order valence-electron chi connectivity index (χ3n) is 4.88. The summed E-state index contributed by atoms with van der Waals surface area (Å²) in [5.41, 5.74) is 4.22. The van der Waals surface area contributed by atoms with E-state index in [4.69, 9.17) is 0 Å². The zero-order valence-electron chi connectivity index (χ0n) is 15.7. The Bertz CT molecular complexity index is 746. The summed E-state index contributed by atoms with van der Waals surface area (Å²) < 4.78 is 13.5. The molecule has 0 radical (unpaired) electrons. The van der Waals surface area contributed by atoms with Crippen LogP contribution in [-0.4, -0.2) is 24.1 Å². The van der Waals surface area contributed by atoms with Gasteiger partial charge in [-0.15, -0.1) is 0 Å². The topological polar surface area (TPSA) is 37.0 Å². The van der Waals surface area contributed by atoms with Crippen molar-refractivity contribution in [3.63, 3.8) is 0 Å². The molecule has 0 spiro atoms. The Morgan fingerprint density at radius 3 is 2.73 bits per heavy atom. The fourth-order valence-corrected chi connectivity index (χ4v) is 3.42. The number of halogens is 1. The van der Waals surface area contributed by atoms with Gasteiger partial charge in [-0.05, 0) is 80.2 Å². The molecule has 3 rings (SSSR count). The second-order valence-corrected chi connectivity index (χ2v) is 6.97. The number of rotatable bonds is 6. The fraction of sp³-hybridized carbons (Fsp3) is 0.409. The van der Waals surface area contributed by atoms with E-state index in [9.17, 15) is 4.39 Å². The Kier molecular flexibility index (Phi) is 6.40. The number of pyridine rings is 1. The van der Waals surface area contributed by atoms with Crippen molar-refractivity contribution >= 4 is 11.4 Å². The normalized spacial score (nSPS) is 15.9. The van der Waals surface area contributed by atoms with Crippen LogP contribution in [0.2, 0.25) is 0 Å². The minimum absolute atomic E-state index is 0.194. The van der Waals surface area contributed by atoms with Gasteiger partial charge in [-0.2, -0.15) is 0 Å². The Morgan fingerprint density at radius 1 is 1.27 bits per heavy atom. The van der Waals surface area contributed by atoms with Gasteiger partial charge in [-0.1, -0.05) is 25.5 Å². The van der Waals surface area contributed by atoms with E-state index >= 15 is 0 Å². The first kappa shape index (κ1) is 18.6. The summed E-state index contributed by atoms with van der Waals surface area (Å²) in [5.74, 6) is 0.729. The first-order valence-corrected chi connectivity index (χ1v) is 9.57. The molecule has 1 aromatic carbocycles. The molecule has 2 aromatic rings. The molecule has 138 valence electrons. The van der Waals surface area contributed by atoms with Crippen LogP contribution in [0.5, 0.6) is 0 Å². The van der Waals surface area contributed by atoms with Gasteiger partial charge >= 0.3 is 0 Å². The van der Waals surface area contributed by atoms with Gasteiger partial charge in [0, 0.05) is 17.8 Å². The number of aromatic nitrogens is 1. The molecular weight excluding hydrogens is 325 g/mol. The van der Waals surface area contributed by atoms with Gasteiger partial charge < -0.3 is 10.6 Å². The standard InChI is InChI=1S/C22H28FN3/c1-3-4-5-21(20-8-7-18(23)14-16(20)2)17-6-9-22(25-15-17)26-19-10-12-24-13-11-19/h5-9,14-15,19,24H,3-4,10-13H2,1-2H3,(H,25,26). The highest BCUT2D eigenvalue weighted by molar-refractivity contribution is 5.81. The quantitative estimate of drug-likeness (QED) is 0.773. The van der Waals surface area contributed by atoms with Crippen molar-refractivity contribution in [1.82, 2.24) is 10.3 Å². The number of hydrogen-bond acceptors (Lipinski definition) is 3. The van der Waals surface area contributed by atoms with E-state index in [2.05, 4.69) is 40.8 Å². The number of aryl methyl sites for hydroxylation is 1. The fourth-order valence-electron chi connectivity index (χ4n) is 3.42. The Balaban J connectivity index is 1.82. The summed E-state index contributed by atoms with van der Waals surface area (Å²) in [6.07, 6.45) is 8.47. The van der Waals surface area contributed by atoms with Crippen LogP contribution in [0.1, 0.15) is 49.3 Å². The summed E-state index contributed by atoms with van der Waals surface area (Å²) in [7, 11) is 0. The van der Waals surface area contributed by atoms with E-state index in [-0.39, 0.29) is 5.82 Å². The molecule has 1 aromatic heterocycles. The van der Waals surface area contributed by atoms with Crippen molar-refractivity contribution < 1.29 is 4.39 Å². The van der Waals surface area contributed by atoms with Gasteiger partial charge in [0.2, 0.25) is 0 Å². The van der Waals surface area contributed by atoms with Crippen LogP contribution in [-0.2, 0) is 0 Å². The van der Waals surface area contributed by atoms with Gasteiger partial charge in [-0.3, -0.25) is 0 Å². The minimum Gasteiger partial charge on any atom is -0.367 e. The third-order valence-corrected chi connectivity index (χ3v) is 4.88. The zero-order valence-corrected chi connectivity index (χ0v) is 15.7. The van der Waals surface area contributed by atoms with Crippen molar-refractivity contribution in [3.05, 3.63) is 65.1 Å². The molecule has 0 bridgehead atoms. The van der Waals surface area contributed by atoms with Gasteiger partial charge in [0.15, 0.2) is 0 Å². The van der Waals surface area contributed by atoms with Crippen molar-refractivity contribution in [2.45, 2.75) is 45.6 Å². The largest absolute Gasteiger partial charge is 0.367 e. The summed E-state index contributed by atoms with van der Waals surface area (Å²) in [4.78, 5) is 4.63. The van der Waals surface area contributed by atoms with Gasteiger partial charge in [0.25, 0.3) is 0 Å². The second kappa shape index (κ2) is 8.95. The van der Waals surface area contributed by atoms with Gasteiger partial charge in [0.05, 0.1) is 0 Å². The second-order valence-electron chi connectivity index (χ2n) is 6.97. The molecule has 0 amide bonds. The first-order valence-electron chi connectivity index (χ1n) is 9.57. The van der Waals surface area contributed by atoms with E-state index in [1.54, 1.807) is 6.07 Å². The van der Waals surface area contributed by atoms with Crippen LogP contribution < -0.4 is 10.6 Å². The Hall–Kier alpha value is -2.20. The number of nitrogens with one attached hydrogen (secondary N) is 2. The highest BCUT2D eigenvalue weighted by Crippen LogP contribution is 2.28. The molecule has 0 unspecified atom stereocenters. The number of anilines is 1. The summed E-state index contributed by atoms with van der Waals surface area (Å²) >= 11 is 0. The van der Waals surface area contributed by atoms with Crippen LogP contribution in [0.4, 0.5) is 10.2 Å². The number of nitrogens with zero attached hydrogens (tertiary/aromatic N) is 1. The predicted molar refractivity (Wildman–Crippen MR) is 107 cm³/mol. The molecule has 0 aliphatic carbocycles. The average Bonchev–Trinajstić information content (AvgIpc) is 2.65. The Morgan fingerprint density at radius 2 is 2.08 bits per heavy atom. The van der Waals surface area contributed by atoms with E-state index in [1.165, 1.54) is 6.07 Å². The molecule has 1 aliphatic heterocycles.